The van der Waals surface area contributed by atoms with E-state index >= 15 is 0 Å². The van der Waals surface area contributed by atoms with E-state index in [1.807, 2.05) is 6.07 Å². The summed E-state index contributed by atoms with van der Waals surface area (Å²) >= 11 is 0. The molecule has 0 radical (unpaired) electrons. The molecule has 0 unspecified atom stereocenters. The molecule has 0 fully saturated rings. The first kappa shape index (κ1) is 14.5. The van der Waals surface area contributed by atoms with Gasteiger partial charge in [0.05, 0.1) is 5.56 Å². The number of aromatic amines is 1. The van der Waals surface area contributed by atoms with Gasteiger partial charge in [-0.3, -0.25) is 9.59 Å². The van der Waals surface area contributed by atoms with Gasteiger partial charge >= 0.3 is 5.97 Å². The molecule has 0 bridgehead atoms. The summed E-state index contributed by atoms with van der Waals surface area (Å²) in [6, 6.07) is 12.9. The van der Waals surface area contributed by atoms with Crippen LogP contribution in [0.3, 0.4) is 0 Å². The molecule has 23 heavy (non-hydrogen) atoms. The van der Waals surface area contributed by atoms with Crippen molar-refractivity contribution >= 4 is 28.5 Å². The van der Waals surface area contributed by atoms with E-state index in [2.05, 4.69) is 10.3 Å². The molecule has 3 rings (SSSR count). The molecule has 2 aromatic carbocycles. The summed E-state index contributed by atoms with van der Waals surface area (Å²) in [5, 5.41) is 11.8. The van der Waals surface area contributed by atoms with Crippen molar-refractivity contribution in [3.8, 4) is 0 Å². The van der Waals surface area contributed by atoms with Crippen LogP contribution in [0.5, 0.6) is 0 Å². The summed E-state index contributed by atoms with van der Waals surface area (Å²) in [6.45, 7) is 0. The maximum absolute atomic E-state index is 12.5. The molecular weight excluding hydrogens is 296 g/mol. The van der Waals surface area contributed by atoms with Gasteiger partial charge in [0.1, 0.15) is 5.56 Å². The average Bonchev–Trinajstić information content (AvgIpc) is 2.55. The Morgan fingerprint density at radius 3 is 2.48 bits per heavy atom. The number of carboxylic acids is 1. The number of hydrogen-bond donors (Lipinski definition) is 3. The number of carboxylic acid groups (broad SMARTS) is 1. The predicted molar refractivity (Wildman–Crippen MR) is 85.9 cm³/mol. The fraction of sp³-hybridized carbons (Fsp3) is 0. The molecule has 3 N–H and O–H groups in total. The highest BCUT2D eigenvalue weighted by molar-refractivity contribution is 6.06. The number of carbonyl (C=O) groups excluding carboxylic acids is 1. The number of anilines is 1. The summed E-state index contributed by atoms with van der Waals surface area (Å²) in [5.41, 5.74) is 0.426. The first-order valence-electron chi connectivity index (χ1n) is 6.81. The summed E-state index contributed by atoms with van der Waals surface area (Å²) in [4.78, 5) is 38.6. The Labute approximate surface area is 130 Å². The number of carbonyl (C=O) groups is 2. The maximum atomic E-state index is 12.5. The lowest BCUT2D eigenvalue weighted by Crippen LogP contribution is -2.22. The lowest BCUT2D eigenvalue weighted by Gasteiger charge is -2.06. The van der Waals surface area contributed by atoms with E-state index in [1.54, 1.807) is 24.3 Å². The van der Waals surface area contributed by atoms with Crippen LogP contribution in [0.25, 0.3) is 10.9 Å². The second-order valence-electron chi connectivity index (χ2n) is 4.92. The van der Waals surface area contributed by atoms with Gasteiger partial charge in [0.25, 0.3) is 5.91 Å². The zero-order chi connectivity index (χ0) is 16.4. The molecule has 114 valence electrons. The Kier molecular flexibility index (Phi) is 3.64. The van der Waals surface area contributed by atoms with Crippen LogP contribution in [-0.2, 0) is 0 Å². The van der Waals surface area contributed by atoms with Gasteiger partial charge in [-0.15, -0.1) is 0 Å². The van der Waals surface area contributed by atoms with Crippen molar-refractivity contribution in [2.45, 2.75) is 0 Å². The number of aromatic carboxylic acids is 1. The number of amides is 1. The summed E-state index contributed by atoms with van der Waals surface area (Å²) < 4.78 is 0. The number of H-pyrrole nitrogens is 1. The van der Waals surface area contributed by atoms with Crippen molar-refractivity contribution < 1.29 is 14.7 Å². The highest BCUT2D eigenvalue weighted by Crippen LogP contribution is 2.13. The fourth-order valence-corrected chi connectivity index (χ4v) is 2.24. The minimum absolute atomic E-state index is 0.0105. The van der Waals surface area contributed by atoms with Crippen LogP contribution < -0.4 is 10.7 Å². The number of nitrogens with one attached hydrogen (secondary N) is 2. The Bertz CT molecular complexity index is 961. The largest absolute Gasteiger partial charge is 0.478 e. The van der Waals surface area contributed by atoms with Gasteiger partial charge < -0.3 is 15.4 Å². The van der Waals surface area contributed by atoms with Crippen molar-refractivity contribution in [3.05, 3.63) is 76.1 Å². The van der Waals surface area contributed by atoms with Crippen LogP contribution in [0.15, 0.2) is 59.5 Å². The van der Waals surface area contributed by atoms with E-state index in [1.165, 1.54) is 24.4 Å². The third-order valence-electron chi connectivity index (χ3n) is 3.40. The van der Waals surface area contributed by atoms with Gasteiger partial charge in [-0.1, -0.05) is 18.2 Å². The molecule has 0 aliphatic carbocycles. The summed E-state index contributed by atoms with van der Waals surface area (Å²) in [5.74, 6) is -1.69. The van der Waals surface area contributed by atoms with Gasteiger partial charge in [-0.25, -0.2) is 4.79 Å². The van der Waals surface area contributed by atoms with Crippen molar-refractivity contribution in [2.24, 2.45) is 0 Å². The molecule has 0 aliphatic rings. The molecule has 0 saturated heterocycles. The average molecular weight is 308 g/mol. The topological polar surface area (TPSA) is 99.3 Å². The van der Waals surface area contributed by atoms with Crippen molar-refractivity contribution in [1.82, 2.24) is 4.98 Å². The zero-order valence-corrected chi connectivity index (χ0v) is 11.9. The predicted octanol–water partition coefficient (Wildman–Crippen LogP) is 2.48. The smallest absolute Gasteiger partial charge is 0.335 e. The molecule has 1 amide bonds. The van der Waals surface area contributed by atoms with Gasteiger partial charge in [0, 0.05) is 22.8 Å². The van der Waals surface area contributed by atoms with Crippen LogP contribution in [0.2, 0.25) is 0 Å². The SMILES string of the molecule is O=C(O)c1ccc2[nH]cc(C(=O)Nc3ccccc3)c(=O)c2c1. The molecule has 0 spiro atoms. The second-order valence-corrected chi connectivity index (χ2v) is 4.92. The van der Waals surface area contributed by atoms with Crippen LogP contribution in [0.4, 0.5) is 5.69 Å². The lowest BCUT2D eigenvalue weighted by atomic mass is 10.1. The minimum atomic E-state index is -1.13. The molecule has 6 nitrogen and oxygen atoms in total. The van der Waals surface area contributed by atoms with E-state index in [4.69, 9.17) is 5.11 Å². The Balaban J connectivity index is 2.04. The van der Waals surface area contributed by atoms with Crippen molar-refractivity contribution in [3.63, 3.8) is 0 Å². The first-order valence-corrected chi connectivity index (χ1v) is 6.81. The number of pyridine rings is 1. The van der Waals surface area contributed by atoms with Gasteiger partial charge in [0.15, 0.2) is 0 Å². The van der Waals surface area contributed by atoms with E-state index in [0.717, 1.165) is 0 Å². The Morgan fingerprint density at radius 2 is 1.78 bits per heavy atom. The molecule has 0 atom stereocenters. The highest BCUT2D eigenvalue weighted by Gasteiger charge is 2.14. The minimum Gasteiger partial charge on any atom is -0.478 e. The molecule has 6 heteroatoms. The molecule has 0 aliphatic heterocycles. The number of aromatic nitrogens is 1. The number of rotatable bonds is 3. The third kappa shape index (κ3) is 2.82. The normalized spacial score (nSPS) is 10.4. The summed E-state index contributed by atoms with van der Waals surface area (Å²) in [7, 11) is 0. The quantitative estimate of drug-likeness (QED) is 0.692. The number of fused-ring (bicyclic) bond motifs is 1. The van der Waals surface area contributed by atoms with Crippen LogP contribution in [0, 0.1) is 0 Å². The van der Waals surface area contributed by atoms with Gasteiger partial charge in [0.2, 0.25) is 5.43 Å². The van der Waals surface area contributed by atoms with E-state index in [9.17, 15) is 14.4 Å². The van der Waals surface area contributed by atoms with Crippen LogP contribution in [-0.4, -0.2) is 22.0 Å². The van der Waals surface area contributed by atoms with E-state index in [-0.39, 0.29) is 16.5 Å². The Morgan fingerprint density at radius 1 is 1.04 bits per heavy atom. The van der Waals surface area contributed by atoms with Crippen molar-refractivity contribution in [2.75, 3.05) is 5.32 Å². The van der Waals surface area contributed by atoms with Gasteiger partial charge in [-0.05, 0) is 30.3 Å². The number of para-hydroxylation sites is 1. The molecule has 0 saturated carbocycles. The zero-order valence-electron chi connectivity index (χ0n) is 11.9. The second kappa shape index (κ2) is 5.76. The van der Waals surface area contributed by atoms with Crippen LogP contribution in [0.1, 0.15) is 20.7 Å². The molecule has 1 heterocycles. The first-order chi connectivity index (χ1) is 11.1. The molecular formula is C17H12N2O4. The molecule has 1 aromatic heterocycles. The fourth-order valence-electron chi connectivity index (χ4n) is 2.24. The number of benzene rings is 2. The van der Waals surface area contributed by atoms with E-state index in [0.29, 0.717) is 11.2 Å². The Hall–Kier alpha value is -3.41. The summed E-state index contributed by atoms with van der Waals surface area (Å²) in [6.07, 6.45) is 1.32. The van der Waals surface area contributed by atoms with Crippen molar-refractivity contribution in [1.29, 1.82) is 0 Å². The highest BCUT2D eigenvalue weighted by atomic mass is 16.4. The monoisotopic (exact) mass is 308 g/mol. The van der Waals surface area contributed by atoms with Gasteiger partial charge in [-0.2, -0.15) is 0 Å². The standard InChI is InChI=1S/C17H12N2O4/c20-15-12-8-10(17(22)23)6-7-14(12)18-9-13(15)16(21)19-11-4-2-1-3-5-11/h1-9H,(H,18,20)(H,19,21)(H,22,23). The lowest BCUT2D eigenvalue weighted by molar-refractivity contribution is 0.0697. The van der Waals surface area contributed by atoms with E-state index < -0.39 is 17.3 Å². The third-order valence-corrected chi connectivity index (χ3v) is 3.40. The number of hydrogen-bond acceptors (Lipinski definition) is 3. The van der Waals surface area contributed by atoms with Crippen LogP contribution >= 0.6 is 0 Å². The molecule has 3 aromatic rings. The maximum Gasteiger partial charge on any atom is 0.335 e.